The summed E-state index contributed by atoms with van der Waals surface area (Å²) in [6.07, 6.45) is 3.04. The second-order valence-electron chi connectivity index (χ2n) is 3.48. The van der Waals surface area contributed by atoms with E-state index in [4.69, 9.17) is 0 Å². The van der Waals surface area contributed by atoms with Crippen molar-refractivity contribution in [3.05, 3.63) is 22.1 Å². The molecule has 0 bridgehead atoms. The average molecular weight is 212 g/mol. The number of likely N-dealkylation sites (N-methyl/N-ethyl adjacent to an activating group) is 1. The number of hydrogen-bond donors (Lipinski definition) is 1. The Morgan fingerprint density at radius 3 is 2.87 bits per heavy atom. The molecule has 1 unspecified atom stereocenters. The summed E-state index contributed by atoms with van der Waals surface area (Å²) in [6.45, 7) is 2.05. The van der Waals surface area contributed by atoms with Gasteiger partial charge in [-0.2, -0.15) is 0 Å². The van der Waals surface area contributed by atoms with Crippen molar-refractivity contribution in [2.24, 2.45) is 7.05 Å². The highest BCUT2D eigenvalue weighted by molar-refractivity contribution is 5.27. The third-order valence-electron chi connectivity index (χ3n) is 2.55. The maximum absolute atomic E-state index is 10.7. The van der Waals surface area contributed by atoms with Gasteiger partial charge in [0.05, 0.1) is 0 Å². The van der Waals surface area contributed by atoms with Crippen LogP contribution < -0.4 is 5.32 Å². The molecule has 0 saturated carbocycles. The van der Waals surface area contributed by atoms with E-state index in [-0.39, 0.29) is 11.9 Å². The summed E-state index contributed by atoms with van der Waals surface area (Å²) >= 11 is 0. The molecule has 0 aliphatic heterocycles. The Kier molecular flexibility index (Phi) is 3.79. The summed E-state index contributed by atoms with van der Waals surface area (Å²) < 4.78 is 1.71. The fraction of sp³-hybridized carbons (Fsp3) is 0.667. The molecule has 1 heterocycles. The quantitative estimate of drug-likeness (QED) is 0.580. The van der Waals surface area contributed by atoms with E-state index in [9.17, 15) is 10.1 Å². The van der Waals surface area contributed by atoms with Gasteiger partial charge in [0.15, 0.2) is 0 Å². The van der Waals surface area contributed by atoms with Crippen LogP contribution in [0, 0.1) is 10.1 Å². The second-order valence-corrected chi connectivity index (χ2v) is 3.48. The Labute approximate surface area is 88.5 Å². The Balaban J connectivity index is 2.91. The molecule has 0 amide bonds. The summed E-state index contributed by atoms with van der Waals surface area (Å²) in [5, 5.41) is 13.8. The van der Waals surface area contributed by atoms with E-state index < -0.39 is 4.92 Å². The lowest BCUT2D eigenvalue weighted by Gasteiger charge is -2.12. The Hall–Kier alpha value is -1.43. The van der Waals surface area contributed by atoms with E-state index in [1.54, 1.807) is 11.6 Å². The van der Waals surface area contributed by atoms with E-state index in [1.165, 1.54) is 6.33 Å². The molecule has 1 rings (SSSR count). The van der Waals surface area contributed by atoms with Crippen molar-refractivity contribution in [3.63, 3.8) is 0 Å². The molecule has 6 nitrogen and oxygen atoms in total. The van der Waals surface area contributed by atoms with Gasteiger partial charge in [0.25, 0.3) is 0 Å². The smallest absolute Gasteiger partial charge is 0.358 e. The Morgan fingerprint density at radius 1 is 1.73 bits per heavy atom. The van der Waals surface area contributed by atoms with Gasteiger partial charge < -0.3 is 20.0 Å². The standard InChI is InChI=1S/C9H16N4O2/c1-4-7(10-2)5-8-9(13(14)15)11-6-12(8)3/h6-7,10H,4-5H2,1-3H3. The van der Waals surface area contributed by atoms with E-state index in [0.717, 1.165) is 6.42 Å². The van der Waals surface area contributed by atoms with Gasteiger partial charge in [-0.1, -0.05) is 6.92 Å². The number of hydrogen-bond acceptors (Lipinski definition) is 4. The fourth-order valence-electron chi connectivity index (χ4n) is 1.51. The zero-order chi connectivity index (χ0) is 11.4. The minimum Gasteiger partial charge on any atom is -0.358 e. The molecule has 15 heavy (non-hydrogen) atoms. The van der Waals surface area contributed by atoms with Crippen LogP contribution in [0.15, 0.2) is 6.33 Å². The zero-order valence-corrected chi connectivity index (χ0v) is 9.23. The first-order chi connectivity index (χ1) is 7.10. The Morgan fingerprint density at radius 2 is 2.40 bits per heavy atom. The van der Waals surface area contributed by atoms with Crippen LogP contribution in [-0.2, 0) is 13.5 Å². The summed E-state index contributed by atoms with van der Waals surface area (Å²) in [4.78, 5) is 14.0. The molecule has 0 saturated heterocycles. The minimum absolute atomic E-state index is 0.0359. The molecule has 0 fully saturated rings. The second kappa shape index (κ2) is 4.88. The lowest BCUT2D eigenvalue weighted by atomic mass is 10.1. The molecule has 1 N–H and O–H groups in total. The molecule has 0 aliphatic carbocycles. The molecular formula is C9H16N4O2. The van der Waals surface area contributed by atoms with Crippen LogP contribution in [0.2, 0.25) is 0 Å². The molecule has 0 spiro atoms. The van der Waals surface area contributed by atoms with Crippen LogP contribution in [0.1, 0.15) is 19.0 Å². The van der Waals surface area contributed by atoms with E-state index >= 15 is 0 Å². The molecule has 1 atom stereocenters. The summed E-state index contributed by atoms with van der Waals surface area (Å²) in [5.41, 5.74) is 0.668. The monoisotopic (exact) mass is 212 g/mol. The van der Waals surface area contributed by atoms with Crippen molar-refractivity contribution in [2.45, 2.75) is 25.8 Å². The predicted molar refractivity (Wildman–Crippen MR) is 56.7 cm³/mol. The van der Waals surface area contributed by atoms with E-state index in [1.807, 2.05) is 14.0 Å². The van der Waals surface area contributed by atoms with Crippen LogP contribution in [0.3, 0.4) is 0 Å². The molecular weight excluding hydrogens is 196 g/mol. The lowest BCUT2D eigenvalue weighted by molar-refractivity contribution is -0.390. The molecule has 0 radical (unpaired) electrons. The summed E-state index contributed by atoms with van der Waals surface area (Å²) in [5.74, 6) is -0.0359. The van der Waals surface area contributed by atoms with Gasteiger partial charge in [-0.25, -0.2) is 0 Å². The number of nitro groups is 1. The first-order valence-corrected chi connectivity index (χ1v) is 4.92. The number of aryl methyl sites for hydroxylation is 1. The average Bonchev–Trinajstić information content (AvgIpc) is 2.56. The van der Waals surface area contributed by atoms with Crippen molar-refractivity contribution < 1.29 is 4.92 Å². The molecule has 0 aromatic carbocycles. The van der Waals surface area contributed by atoms with Gasteiger partial charge in [0.2, 0.25) is 6.33 Å². The fourth-order valence-corrected chi connectivity index (χ4v) is 1.51. The maximum Gasteiger partial charge on any atom is 0.384 e. The van der Waals surface area contributed by atoms with E-state index in [2.05, 4.69) is 10.3 Å². The van der Waals surface area contributed by atoms with Crippen molar-refractivity contribution >= 4 is 5.82 Å². The van der Waals surface area contributed by atoms with Crippen LogP contribution in [0.4, 0.5) is 5.82 Å². The van der Waals surface area contributed by atoms with Gasteiger partial charge in [-0.3, -0.25) is 0 Å². The first kappa shape index (κ1) is 11.6. The molecule has 6 heteroatoms. The van der Waals surface area contributed by atoms with Crippen LogP contribution >= 0.6 is 0 Å². The number of aromatic nitrogens is 2. The van der Waals surface area contributed by atoms with Gasteiger partial charge in [0, 0.05) is 19.5 Å². The Bertz CT molecular complexity index is 344. The summed E-state index contributed by atoms with van der Waals surface area (Å²) in [6, 6.07) is 0.249. The molecule has 1 aromatic heterocycles. The van der Waals surface area contributed by atoms with Crippen molar-refractivity contribution in [1.82, 2.24) is 14.9 Å². The normalized spacial score (nSPS) is 12.7. The van der Waals surface area contributed by atoms with Gasteiger partial charge in [0.1, 0.15) is 5.69 Å². The van der Waals surface area contributed by atoms with Crippen LogP contribution in [0.25, 0.3) is 0 Å². The number of nitrogens with zero attached hydrogens (tertiary/aromatic N) is 3. The van der Waals surface area contributed by atoms with Gasteiger partial charge >= 0.3 is 5.82 Å². The van der Waals surface area contributed by atoms with Gasteiger partial charge in [-0.05, 0) is 23.4 Å². The van der Waals surface area contributed by atoms with Crippen molar-refractivity contribution in [2.75, 3.05) is 7.05 Å². The zero-order valence-electron chi connectivity index (χ0n) is 9.23. The minimum atomic E-state index is -0.433. The third-order valence-corrected chi connectivity index (χ3v) is 2.55. The van der Waals surface area contributed by atoms with Crippen LogP contribution in [0.5, 0.6) is 0 Å². The highest BCUT2D eigenvalue weighted by Gasteiger charge is 2.21. The number of rotatable bonds is 5. The topological polar surface area (TPSA) is 73.0 Å². The maximum atomic E-state index is 10.7. The molecule has 84 valence electrons. The third kappa shape index (κ3) is 2.53. The highest BCUT2D eigenvalue weighted by atomic mass is 16.6. The molecule has 0 aliphatic rings. The predicted octanol–water partition coefficient (Wildman–Crippen LogP) is 0.869. The largest absolute Gasteiger partial charge is 0.384 e. The van der Waals surface area contributed by atoms with Crippen LogP contribution in [-0.4, -0.2) is 27.6 Å². The van der Waals surface area contributed by atoms with E-state index in [0.29, 0.717) is 12.1 Å². The highest BCUT2D eigenvalue weighted by Crippen LogP contribution is 2.17. The van der Waals surface area contributed by atoms with Crippen molar-refractivity contribution in [1.29, 1.82) is 0 Å². The lowest BCUT2D eigenvalue weighted by Crippen LogP contribution is -2.27. The number of imidazole rings is 1. The first-order valence-electron chi connectivity index (χ1n) is 4.92. The summed E-state index contributed by atoms with van der Waals surface area (Å²) in [7, 11) is 3.63. The molecule has 1 aromatic rings. The van der Waals surface area contributed by atoms with Crippen molar-refractivity contribution in [3.8, 4) is 0 Å². The number of nitrogens with one attached hydrogen (secondary N) is 1. The van der Waals surface area contributed by atoms with Gasteiger partial charge in [-0.15, -0.1) is 0 Å². The SMILES string of the molecule is CCC(Cc1c([N+](=O)[O-])ncn1C)NC.